The summed E-state index contributed by atoms with van der Waals surface area (Å²) < 4.78 is 10.1. The molecule has 0 heterocycles. The highest BCUT2D eigenvalue weighted by molar-refractivity contribution is 6.41. The number of rotatable bonds is 6. The highest BCUT2D eigenvalue weighted by Crippen LogP contribution is 1.95. The number of hydrogen-bond donors (Lipinski definition) is 0. The Balaban J connectivity index is 3.09. The molecule has 1 radical (unpaired) electrons. The minimum atomic E-state index is -0.255. The lowest BCUT2D eigenvalue weighted by molar-refractivity contribution is -0.0435. The van der Waals surface area contributed by atoms with Gasteiger partial charge in [0.25, 0.3) is 0 Å². The molecule has 0 aliphatic rings. The first-order valence-corrected chi connectivity index (χ1v) is 5.35. The number of hydrogen-bond acceptors (Lipinski definition) is 2. The maximum atomic E-state index is 5.05. The molecule has 0 amide bonds. The van der Waals surface area contributed by atoms with Gasteiger partial charge < -0.3 is 9.47 Å². The van der Waals surface area contributed by atoms with E-state index in [4.69, 9.17) is 9.47 Å². The van der Waals surface area contributed by atoms with Gasteiger partial charge in [-0.15, -0.1) is 0 Å². The molecule has 10 heavy (non-hydrogen) atoms. The second kappa shape index (κ2) is 7.25. The molecule has 0 aliphatic carbocycles. The second-order valence-corrected chi connectivity index (χ2v) is 3.93. The van der Waals surface area contributed by atoms with E-state index < -0.39 is 0 Å². The van der Waals surface area contributed by atoms with Crippen LogP contribution in [-0.4, -0.2) is 29.7 Å². The smallest absolute Gasteiger partial charge is 0.134 e. The lowest BCUT2D eigenvalue weighted by atomic mass is 10.4. The van der Waals surface area contributed by atoms with Gasteiger partial charge in [-0.05, 0) is 6.04 Å². The molecule has 0 N–H and O–H groups in total. The Kier molecular flexibility index (Phi) is 7.35. The maximum absolute atomic E-state index is 5.05. The molecule has 0 atom stereocenters. The molecule has 0 unspecified atom stereocenters. The summed E-state index contributed by atoms with van der Waals surface area (Å²) in [6.07, 6.45) is 2.43. The van der Waals surface area contributed by atoms with Crippen molar-refractivity contribution in [2.75, 3.05) is 14.2 Å². The van der Waals surface area contributed by atoms with E-state index in [0.29, 0.717) is 0 Å². The normalized spacial score (nSPS) is 12.0. The van der Waals surface area contributed by atoms with Gasteiger partial charge in [-0.1, -0.05) is 19.8 Å². The van der Waals surface area contributed by atoms with Gasteiger partial charge in [0.1, 0.15) is 5.91 Å². The molecule has 0 fully saturated rings. The topological polar surface area (TPSA) is 18.5 Å². The molecular weight excluding hydrogens is 144 g/mol. The molecule has 0 aromatic rings. The van der Waals surface area contributed by atoms with Crippen LogP contribution in [0.1, 0.15) is 19.8 Å². The summed E-state index contributed by atoms with van der Waals surface area (Å²) in [5, 5.41) is 0. The third kappa shape index (κ3) is 4.96. The molecule has 0 rings (SSSR count). The Bertz CT molecular complexity index is 64.6. The Labute approximate surface area is 65.7 Å². The lowest BCUT2D eigenvalue weighted by Gasteiger charge is -2.11. The first-order chi connectivity index (χ1) is 4.85. The van der Waals surface area contributed by atoms with Gasteiger partial charge in [-0.25, -0.2) is 0 Å². The van der Waals surface area contributed by atoms with Gasteiger partial charge in [0, 0.05) is 14.2 Å². The largest absolute Gasteiger partial charge is 0.360 e. The second-order valence-electron chi connectivity index (χ2n) is 2.21. The summed E-state index contributed by atoms with van der Waals surface area (Å²) in [4.78, 5) is 0. The van der Waals surface area contributed by atoms with Gasteiger partial charge in [0.15, 0.2) is 0 Å². The fourth-order valence-electron chi connectivity index (χ4n) is 0.747. The van der Waals surface area contributed by atoms with Crippen LogP contribution >= 0.6 is 0 Å². The van der Waals surface area contributed by atoms with Gasteiger partial charge >= 0.3 is 0 Å². The Morgan fingerprint density at radius 2 is 2.00 bits per heavy atom. The number of unbranched alkanes of at least 4 members (excludes halogenated alkanes) is 1. The van der Waals surface area contributed by atoms with Crippen molar-refractivity contribution >= 4 is 9.52 Å². The third-order valence-electron chi connectivity index (χ3n) is 1.38. The van der Waals surface area contributed by atoms with E-state index >= 15 is 0 Å². The van der Waals surface area contributed by atoms with Crippen LogP contribution in [0.25, 0.3) is 0 Å². The van der Waals surface area contributed by atoms with Crippen LogP contribution in [0.4, 0.5) is 0 Å². The molecule has 2 nitrogen and oxygen atoms in total. The highest BCUT2D eigenvalue weighted by atomic mass is 28.2. The van der Waals surface area contributed by atoms with Crippen molar-refractivity contribution in [1.29, 1.82) is 0 Å². The van der Waals surface area contributed by atoms with Crippen LogP contribution in [0.2, 0.25) is 0 Å². The summed E-state index contributed by atoms with van der Waals surface area (Å²) in [6.45, 7) is 2.18. The van der Waals surface area contributed by atoms with Gasteiger partial charge in [0.05, 0.1) is 9.52 Å². The molecule has 0 saturated carbocycles. The van der Waals surface area contributed by atoms with Crippen molar-refractivity contribution in [3.63, 3.8) is 0 Å². The van der Waals surface area contributed by atoms with Crippen molar-refractivity contribution in [1.82, 2.24) is 0 Å². The van der Waals surface area contributed by atoms with Crippen LogP contribution in [0.5, 0.6) is 0 Å². The zero-order chi connectivity index (χ0) is 7.82. The molecule has 0 aromatic carbocycles. The predicted molar refractivity (Wildman–Crippen MR) is 45.6 cm³/mol. The molecule has 3 heteroatoms. The summed E-state index contributed by atoms with van der Waals surface area (Å²) in [6, 6.07) is 2.33. The van der Waals surface area contributed by atoms with E-state index in [2.05, 4.69) is 13.0 Å². The quantitative estimate of drug-likeness (QED) is 0.324. The third-order valence-corrected chi connectivity index (χ3v) is 3.17. The summed E-state index contributed by atoms with van der Waals surface area (Å²) in [7, 11) is 3.14. The zero-order valence-corrected chi connectivity index (χ0v) is 8.51. The molecule has 0 saturated heterocycles. The van der Waals surface area contributed by atoms with Crippen molar-refractivity contribution in [3.05, 3.63) is 6.04 Å². The fourth-order valence-corrected chi connectivity index (χ4v) is 2.05. The monoisotopic (exact) mass is 161 g/mol. The van der Waals surface area contributed by atoms with Crippen molar-refractivity contribution in [2.45, 2.75) is 25.7 Å². The van der Waals surface area contributed by atoms with Crippen LogP contribution in [0, 0.1) is 6.04 Å². The Morgan fingerprint density at radius 1 is 1.40 bits per heavy atom. The van der Waals surface area contributed by atoms with Crippen LogP contribution in [0.3, 0.4) is 0 Å². The first kappa shape index (κ1) is 10.1. The summed E-state index contributed by atoms with van der Waals surface area (Å²) in [5.41, 5.74) is 0. The van der Waals surface area contributed by atoms with Crippen molar-refractivity contribution in [2.24, 2.45) is 0 Å². The van der Waals surface area contributed by atoms with E-state index in [0.717, 1.165) is 0 Å². The lowest BCUT2D eigenvalue weighted by Crippen LogP contribution is -2.21. The molecule has 0 aliphatic heterocycles. The van der Waals surface area contributed by atoms with E-state index in [1.165, 1.54) is 12.8 Å². The molecule has 0 spiro atoms. The van der Waals surface area contributed by atoms with Gasteiger partial charge in [-0.3, -0.25) is 0 Å². The average Bonchev–Trinajstić information content (AvgIpc) is 1.99. The standard InChI is InChI=1S/C7H17O2Si/c1-4-5-6-10-7(8-2)9-3/h6-7H,4-5,10H2,1-3H3. The highest BCUT2D eigenvalue weighted by Gasteiger charge is 2.03. The molecule has 0 aromatic heterocycles. The number of methoxy groups -OCH3 is 2. The van der Waals surface area contributed by atoms with Crippen LogP contribution in [-0.2, 0) is 9.47 Å². The Hall–Kier alpha value is 0.137. The predicted octanol–water partition coefficient (Wildman–Crippen LogP) is 0.693. The summed E-state index contributed by atoms with van der Waals surface area (Å²) in [5.74, 6) is 0.0894. The van der Waals surface area contributed by atoms with E-state index in [-0.39, 0.29) is 15.4 Å². The van der Waals surface area contributed by atoms with Crippen molar-refractivity contribution < 1.29 is 9.47 Å². The zero-order valence-electron chi connectivity index (χ0n) is 7.09. The SMILES string of the molecule is CCC[CH][SiH2]C(OC)OC. The van der Waals surface area contributed by atoms with Crippen LogP contribution in [0.15, 0.2) is 0 Å². The maximum Gasteiger partial charge on any atom is 0.134 e. The first-order valence-electron chi connectivity index (χ1n) is 3.72. The van der Waals surface area contributed by atoms with Crippen LogP contribution < -0.4 is 0 Å². The molecule has 0 bridgehead atoms. The Morgan fingerprint density at radius 3 is 2.40 bits per heavy atom. The fraction of sp³-hybridized carbons (Fsp3) is 0.857. The van der Waals surface area contributed by atoms with Crippen molar-refractivity contribution in [3.8, 4) is 0 Å². The van der Waals surface area contributed by atoms with E-state index in [9.17, 15) is 0 Å². The molecule has 61 valence electrons. The van der Waals surface area contributed by atoms with Gasteiger partial charge in [0.2, 0.25) is 0 Å². The molecular formula is C7H17O2Si. The number of ether oxygens (including phenoxy) is 2. The van der Waals surface area contributed by atoms with E-state index in [1.54, 1.807) is 14.2 Å². The minimum absolute atomic E-state index is 0.0894. The summed E-state index contributed by atoms with van der Waals surface area (Å²) >= 11 is 0. The van der Waals surface area contributed by atoms with E-state index in [1.807, 2.05) is 0 Å². The minimum Gasteiger partial charge on any atom is -0.360 e. The average molecular weight is 161 g/mol. The van der Waals surface area contributed by atoms with Gasteiger partial charge in [-0.2, -0.15) is 0 Å².